The summed E-state index contributed by atoms with van der Waals surface area (Å²) in [6.07, 6.45) is 1.28. The Balaban J connectivity index is 2.89. The van der Waals surface area contributed by atoms with Crippen LogP contribution in [0.4, 0.5) is 0 Å². The molecule has 0 bridgehead atoms. The molecule has 0 aromatic heterocycles. The summed E-state index contributed by atoms with van der Waals surface area (Å²) in [6, 6.07) is 0. The van der Waals surface area contributed by atoms with Crippen LogP contribution in [0.1, 0.15) is 20.8 Å². The zero-order valence-electron chi connectivity index (χ0n) is 6.63. The van der Waals surface area contributed by atoms with E-state index in [1.807, 2.05) is 19.9 Å². The fraction of sp³-hybridized carbons (Fsp3) is 0.750. The van der Waals surface area contributed by atoms with Crippen molar-refractivity contribution in [1.29, 1.82) is 0 Å². The number of rotatable bonds is 0. The maximum atomic E-state index is 9.58. The predicted molar refractivity (Wildman–Crippen MR) is 39.6 cm³/mol. The molecule has 0 fully saturated rings. The van der Waals surface area contributed by atoms with E-state index < -0.39 is 11.7 Å². The van der Waals surface area contributed by atoms with E-state index in [0.717, 1.165) is 5.57 Å². The molecule has 0 spiro atoms. The largest absolute Gasteiger partial charge is 0.389 e. The molecule has 58 valence electrons. The first kappa shape index (κ1) is 7.76. The summed E-state index contributed by atoms with van der Waals surface area (Å²) in [5.41, 5.74) is -0.133. The first-order valence-electron chi connectivity index (χ1n) is 3.55. The molecule has 0 amide bonds. The van der Waals surface area contributed by atoms with Gasteiger partial charge < -0.3 is 10.2 Å². The van der Waals surface area contributed by atoms with E-state index in [1.54, 1.807) is 6.92 Å². The molecule has 2 nitrogen and oxygen atoms in total. The molecule has 1 rings (SSSR count). The van der Waals surface area contributed by atoms with Crippen LogP contribution in [-0.2, 0) is 0 Å². The van der Waals surface area contributed by atoms with Crippen LogP contribution >= 0.6 is 0 Å². The van der Waals surface area contributed by atoms with Crippen LogP contribution in [0.2, 0.25) is 0 Å². The van der Waals surface area contributed by atoms with Gasteiger partial charge in [-0.1, -0.05) is 13.0 Å². The SMILES string of the molecule is CC1=CC(C)C(O)[C@]1(C)O. The van der Waals surface area contributed by atoms with Gasteiger partial charge in [0.25, 0.3) is 0 Å². The second-order valence-corrected chi connectivity index (χ2v) is 3.30. The second-order valence-electron chi connectivity index (χ2n) is 3.30. The number of aliphatic hydroxyl groups is 2. The molecule has 0 saturated heterocycles. The quantitative estimate of drug-likeness (QED) is 0.489. The minimum atomic E-state index is -1.00. The summed E-state index contributed by atoms with van der Waals surface area (Å²) in [4.78, 5) is 0. The van der Waals surface area contributed by atoms with Gasteiger partial charge in [0.05, 0.1) is 6.10 Å². The van der Waals surface area contributed by atoms with Crippen LogP contribution in [0.25, 0.3) is 0 Å². The van der Waals surface area contributed by atoms with E-state index in [-0.39, 0.29) is 5.92 Å². The van der Waals surface area contributed by atoms with Crippen molar-refractivity contribution in [2.75, 3.05) is 0 Å². The van der Waals surface area contributed by atoms with E-state index in [0.29, 0.717) is 0 Å². The van der Waals surface area contributed by atoms with Gasteiger partial charge in [-0.25, -0.2) is 0 Å². The Morgan fingerprint density at radius 3 is 2.20 bits per heavy atom. The standard InChI is InChI=1S/C8H14O2/c1-5-4-6(2)8(3,10)7(5)9/h4-5,7,9-10H,1-3H3/t5?,7?,8-/m1/s1. The van der Waals surface area contributed by atoms with Crippen LogP contribution in [0.15, 0.2) is 11.6 Å². The van der Waals surface area contributed by atoms with Crippen molar-refractivity contribution in [3.05, 3.63) is 11.6 Å². The maximum Gasteiger partial charge on any atom is 0.109 e. The number of hydrogen-bond acceptors (Lipinski definition) is 2. The number of aliphatic hydroxyl groups excluding tert-OH is 1. The zero-order chi connectivity index (χ0) is 7.94. The molecule has 10 heavy (non-hydrogen) atoms. The average Bonchev–Trinajstić information content (AvgIpc) is 1.97. The first-order valence-corrected chi connectivity index (χ1v) is 3.55. The van der Waals surface area contributed by atoms with Crippen LogP contribution in [-0.4, -0.2) is 21.9 Å². The Morgan fingerprint density at radius 1 is 1.60 bits per heavy atom. The van der Waals surface area contributed by atoms with E-state index in [9.17, 15) is 10.2 Å². The Morgan fingerprint density at radius 2 is 2.10 bits per heavy atom. The summed E-state index contributed by atoms with van der Waals surface area (Å²) in [7, 11) is 0. The molecule has 0 heterocycles. The van der Waals surface area contributed by atoms with Gasteiger partial charge in [0.2, 0.25) is 0 Å². The molecular formula is C8H14O2. The highest BCUT2D eigenvalue weighted by atomic mass is 16.3. The van der Waals surface area contributed by atoms with Crippen LogP contribution in [0.5, 0.6) is 0 Å². The summed E-state index contributed by atoms with van der Waals surface area (Å²) < 4.78 is 0. The van der Waals surface area contributed by atoms with Crippen LogP contribution in [0.3, 0.4) is 0 Å². The van der Waals surface area contributed by atoms with Crippen molar-refractivity contribution >= 4 is 0 Å². The lowest BCUT2D eigenvalue weighted by Gasteiger charge is -2.25. The molecule has 0 aliphatic heterocycles. The van der Waals surface area contributed by atoms with Crippen molar-refractivity contribution in [3.63, 3.8) is 0 Å². The Bertz CT molecular complexity index is 170. The third kappa shape index (κ3) is 0.879. The zero-order valence-corrected chi connectivity index (χ0v) is 6.63. The second kappa shape index (κ2) is 2.07. The molecule has 0 aromatic rings. The Kier molecular flexibility index (Phi) is 1.61. The van der Waals surface area contributed by atoms with Crippen molar-refractivity contribution in [1.82, 2.24) is 0 Å². The highest BCUT2D eigenvalue weighted by molar-refractivity contribution is 5.24. The van der Waals surface area contributed by atoms with E-state index in [1.165, 1.54) is 0 Å². The van der Waals surface area contributed by atoms with E-state index in [2.05, 4.69) is 0 Å². The van der Waals surface area contributed by atoms with Gasteiger partial charge >= 0.3 is 0 Å². The monoisotopic (exact) mass is 142 g/mol. The number of hydrogen-bond donors (Lipinski definition) is 2. The smallest absolute Gasteiger partial charge is 0.109 e. The van der Waals surface area contributed by atoms with Gasteiger partial charge in [0.1, 0.15) is 5.60 Å². The normalized spacial score (nSPS) is 47.5. The van der Waals surface area contributed by atoms with Crippen molar-refractivity contribution < 1.29 is 10.2 Å². The van der Waals surface area contributed by atoms with Gasteiger partial charge in [-0.15, -0.1) is 0 Å². The molecule has 2 unspecified atom stereocenters. The lowest BCUT2D eigenvalue weighted by atomic mass is 9.94. The molecular weight excluding hydrogens is 128 g/mol. The molecule has 0 radical (unpaired) electrons. The summed E-state index contributed by atoms with van der Waals surface area (Å²) in [5.74, 6) is 0.0787. The third-order valence-corrected chi connectivity index (χ3v) is 2.39. The van der Waals surface area contributed by atoms with E-state index >= 15 is 0 Å². The lowest BCUT2D eigenvalue weighted by Crippen LogP contribution is -2.38. The van der Waals surface area contributed by atoms with E-state index in [4.69, 9.17) is 0 Å². The van der Waals surface area contributed by atoms with Crippen LogP contribution in [0, 0.1) is 5.92 Å². The van der Waals surface area contributed by atoms with Gasteiger partial charge in [-0.3, -0.25) is 0 Å². The average molecular weight is 142 g/mol. The lowest BCUT2D eigenvalue weighted by molar-refractivity contribution is -0.0380. The summed E-state index contributed by atoms with van der Waals surface area (Å²) in [6.45, 7) is 5.38. The van der Waals surface area contributed by atoms with Crippen molar-refractivity contribution in [2.24, 2.45) is 5.92 Å². The van der Waals surface area contributed by atoms with Gasteiger partial charge in [0.15, 0.2) is 0 Å². The summed E-state index contributed by atoms with van der Waals surface area (Å²) >= 11 is 0. The topological polar surface area (TPSA) is 40.5 Å². The third-order valence-electron chi connectivity index (χ3n) is 2.39. The maximum absolute atomic E-state index is 9.58. The van der Waals surface area contributed by atoms with Crippen molar-refractivity contribution in [2.45, 2.75) is 32.5 Å². The minimum absolute atomic E-state index is 0.0787. The van der Waals surface area contributed by atoms with Gasteiger partial charge in [0, 0.05) is 5.92 Å². The minimum Gasteiger partial charge on any atom is -0.389 e. The Hall–Kier alpha value is -0.340. The molecule has 2 heteroatoms. The fourth-order valence-corrected chi connectivity index (χ4v) is 1.40. The highest BCUT2D eigenvalue weighted by Crippen LogP contribution is 2.33. The summed E-state index contributed by atoms with van der Waals surface area (Å²) in [5, 5.41) is 19.0. The molecule has 0 aromatic carbocycles. The Labute approximate surface area is 61.2 Å². The molecule has 1 aliphatic rings. The van der Waals surface area contributed by atoms with Gasteiger partial charge in [-0.05, 0) is 19.4 Å². The van der Waals surface area contributed by atoms with Crippen LogP contribution < -0.4 is 0 Å². The molecule has 2 N–H and O–H groups in total. The van der Waals surface area contributed by atoms with Crippen molar-refractivity contribution in [3.8, 4) is 0 Å². The molecule has 1 aliphatic carbocycles. The highest BCUT2D eigenvalue weighted by Gasteiger charge is 2.40. The predicted octanol–water partition coefficient (Wildman–Crippen LogP) is 0.694. The molecule has 0 saturated carbocycles. The fourth-order valence-electron chi connectivity index (χ4n) is 1.40. The molecule has 3 atom stereocenters. The first-order chi connectivity index (χ1) is 4.46. The van der Waals surface area contributed by atoms with Gasteiger partial charge in [-0.2, -0.15) is 0 Å².